The monoisotopic (exact) mass is 281 g/mol. The highest BCUT2D eigenvalue weighted by Crippen LogP contribution is 2.20. The van der Waals surface area contributed by atoms with Crippen LogP contribution in [0.2, 0.25) is 0 Å². The van der Waals surface area contributed by atoms with E-state index in [0.717, 1.165) is 31.7 Å². The third-order valence-corrected chi connectivity index (χ3v) is 4.24. The zero-order valence-corrected chi connectivity index (χ0v) is 12.7. The molecule has 106 valence electrons. The van der Waals surface area contributed by atoms with Crippen molar-refractivity contribution in [1.82, 2.24) is 14.7 Å². The molecule has 0 radical (unpaired) electrons. The SMILES string of the molecule is CSCCC(=O)N1CCCCC1Cn1cc(C)cn1. The summed E-state index contributed by atoms with van der Waals surface area (Å²) in [6, 6.07) is 0.322. The van der Waals surface area contributed by atoms with E-state index in [1.165, 1.54) is 12.0 Å². The molecule has 0 N–H and O–H groups in total. The van der Waals surface area contributed by atoms with Gasteiger partial charge in [0, 0.05) is 24.9 Å². The summed E-state index contributed by atoms with van der Waals surface area (Å²) in [6.07, 6.45) is 10.1. The molecule has 1 amide bonds. The molecule has 2 rings (SSSR count). The van der Waals surface area contributed by atoms with E-state index in [1.54, 1.807) is 11.8 Å². The van der Waals surface area contributed by atoms with E-state index in [9.17, 15) is 4.79 Å². The summed E-state index contributed by atoms with van der Waals surface area (Å²) in [5.41, 5.74) is 1.18. The number of aromatic nitrogens is 2. The molecule has 1 unspecified atom stereocenters. The molecule has 1 aromatic heterocycles. The second-order valence-electron chi connectivity index (χ2n) is 5.22. The maximum atomic E-state index is 12.2. The topological polar surface area (TPSA) is 38.1 Å². The van der Waals surface area contributed by atoms with Gasteiger partial charge in [-0.2, -0.15) is 16.9 Å². The molecule has 5 heteroatoms. The molecular formula is C14H23N3OS. The highest BCUT2D eigenvalue weighted by molar-refractivity contribution is 7.98. The van der Waals surface area contributed by atoms with Crippen LogP contribution in [0.5, 0.6) is 0 Å². The quantitative estimate of drug-likeness (QED) is 0.831. The van der Waals surface area contributed by atoms with Crippen molar-refractivity contribution in [3.63, 3.8) is 0 Å². The number of thioether (sulfide) groups is 1. The van der Waals surface area contributed by atoms with Crippen LogP contribution in [0.15, 0.2) is 12.4 Å². The minimum absolute atomic E-state index is 0.308. The van der Waals surface area contributed by atoms with Crippen LogP contribution in [0.4, 0.5) is 0 Å². The number of carbonyl (C=O) groups excluding carboxylic acids is 1. The second-order valence-corrected chi connectivity index (χ2v) is 6.20. The van der Waals surface area contributed by atoms with Crippen molar-refractivity contribution in [3.8, 4) is 0 Å². The van der Waals surface area contributed by atoms with E-state index in [0.29, 0.717) is 18.4 Å². The Balaban J connectivity index is 1.97. The summed E-state index contributed by atoms with van der Waals surface area (Å²) in [4.78, 5) is 14.3. The first-order chi connectivity index (χ1) is 9.20. The smallest absolute Gasteiger partial charge is 0.223 e. The molecule has 0 bridgehead atoms. The molecule has 1 aromatic rings. The number of piperidine rings is 1. The van der Waals surface area contributed by atoms with Gasteiger partial charge in [0.1, 0.15) is 0 Å². The van der Waals surface area contributed by atoms with Crippen LogP contribution in [0.1, 0.15) is 31.2 Å². The number of carbonyl (C=O) groups is 1. The summed E-state index contributed by atoms with van der Waals surface area (Å²) < 4.78 is 1.97. The average Bonchev–Trinajstić information content (AvgIpc) is 2.82. The molecule has 1 fully saturated rings. The number of hydrogen-bond acceptors (Lipinski definition) is 3. The van der Waals surface area contributed by atoms with Crippen molar-refractivity contribution in [2.45, 2.75) is 45.2 Å². The maximum absolute atomic E-state index is 12.2. The molecule has 19 heavy (non-hydrogen) atoms. The highest BCUT2D eigenvalue weighted by Gasteiger charge is 2.26. The number of rotatable bonds is 5. The van der Waals surface area contributed by atoms with Gasteiger partial charge in [-0.25, -0.2) is 0 Å². The van der Waals surface area contributed by atoms with Crippen molar-refractivity contribution in [3.05, 3.63) is 18.0 Å². The van der Waals surface area contributed by atoms with Crippen molar-refractivity contribution < 1.29 is 4.79 Å². The van der Waals surface area contributed by atoms with E-state index in [-0.39, 0.29) is 0 Å². The number of likely N-dealkylation sites (tertiary alicyclic amines) is 1. The molecule has 1 atom stereocenters. The van der Waals surface area contributed by atoms with Crippen LogP contribution in [0.25, 0.3) is 0 Å². The van der Waals surface area contributed by atoms with Gasteiger partial charge in [-0.3, -0.25) is 9.48 Å². The second kappa shape index (κ2) is 6.98. The molecule has 0 saturated carbocycles. The van der Waals surface area contributed by atoms with Gasteiger partial charge in [0.05, 0.1) is 18.8 Å². The van der Waals surface area contributed by atoms with Gasteiger partial charge in [-0.05, 0) is 38.0 Å². The minimum Gasteiger partial charge on any atom is -0.338 e. The van der Waals surface area contributed by atoms with E-state index >= 15 is 0 Å². The Bertz CT molecular complexity index is 419. The molecule has 2 heterocycles. The van der Waals surface area contributed by atoms with Crippen molar-refractivity contribution >= 4 is 17.7 Å². The summed E-state index contributed by atoms with van der Waals surface area (Å²) in [5.74, 6) is 1.23. The van der Waals surface area contributed by atoms with Crippen LogP contribution in [0, 0.1) is 6.92 Å². The molecule has 1 aliphatic rings. The lowest BCUT2D eigenvalue weighted by molar-refractivity contribution is -0.134. The van der Waals surface area contributed by atoms with Crippen molar-refractivity contribution in [2.75, 3.05) is 18.6 Å². The van der Waals surface area contributed by atoms with E-state index in [4.69, 9.17) is 0 Å². The van der Waals surface area contributed by atoms with Crippen LogP contribution >= 0.6 is 11.8 Å². The minimum atomic E-state index is 0.308. The van der Waals surface area contributed by atoms with E-state index < -0.39 is 0 Å². The maximum Gasteiger partial charge on any atom is 0.223 e. The van der Waals surface area contributed by atoms with E-state index in [2.05, 4.69) is 16.2 Å². The lowest BCUT2D eigenvalue weighted by Gasteiger charge is -2.35. The molecule has 4 nitrogen and oxygen atoms in total. The fourth-order valence-corrected chi connectivity index (χ4v) is 3.01. The molecule has 0 aliphatic carbocycles. The van der Waals surface area contributed by atoms with Crippen LogP contribution < -0.4 is 0 Å². The number of hydrogen-bond donors (Lipinski definition) is 0. The van der Waals surface area contributed by atoms with Gasteiger partial charge in [0.25, 0.3) is 0 Å². The Labute approximate surface area is 119 Å². The molecule has 0 spiro atoms. The summed E-state index contributed by atoms with van der Waals surface area (Å²) in [5, 5.41) is 4.34. The standard InChI is InChI=1S/C14H23N3OS/c1-12-9-15-16(10-12)11-13-5-3-4-7-17(13)14(18)6-8-19-2/h9-10,13H,3-8,11H2,1-2H3. The fourth-order valence-electron chi connectivity index (χ4n) is 2.63. The Hall–Kier alpha value is -0.970. The van der Waals surface area contributed by atoms with Crippen LogP contribution in [0.3, 0.4) is 0 Å². The normalized spacial score (nSPS) is 19.7. The Morgan fingerprint density at radius 3 is 3.05 bits per heavy atom. The average molecular weight is 281 g/mol. The Morgan fingerprint density at radius 1 is 1.53 bits per heavy atom. The highest BCUT2D eigenvalue weighted by atomic mass is 32.2. The first kappa shape index (κ1) is 14.4. The Morgan fingerprint density at radius 2 is 2.37 bits per heavy atom. The van der Waals surface area contributed by atoms with Crippen molar-refractivity contribution in [2.24, 2.45) is 0 Å². The third kappa shape index (κ3) is 4.00. The lowest BCUT2D eigenvalue weighted by atomic mass is 10.0. The molecular weight excluding hydrogens is 258 g/mol. The summed E-state index contributed by atoms with van der Waals surface area (Å²) >= 11 is 1.74. The van der Waals surface area contributed by atoms with Gasteiger partial charge in [0.15, 0.2) is 0 Å². The summed E-state index contributed by atoms with van der Waals surface area (Å²) in [7, 11) is 0. The van der Waals surface area contributed by atoms with Crippen LogP contribution in [-0.2, 0) is 11.3 Å². The number of nitrogens with zero attached hydrogens (tertiary/aromatic N) is 3. The largest absolute Gasteiger partial charge is 0.338 e. The fraction of sp³-hybridized carbons (Fsp3) is 0.714. The predicted octanol–water partition coefficient (Wildman–Crippen LogP) is 2.33. The number of aryl methyl sites for hydroxylation is 1. The van der Waals surface area contributed by atoms with Gasteiger partial charge in [-0.1, -0.05) is 0 Å². The van der Waals surface area contributed by atoms with Gasteiger partial charge < -0.3 is 4.90 Å². The summed E-state index contributed by atoms with van der Waals surface area (Å²) in [6.45, 7) is 3.79. The van der Waals surface area contributed by atoms with Gasteiger partial charge in [0.2, 0.25) is 5.91 Å². The third-order valence-electron chi connectivity index (χ3n) is 3.63. The molecule has 0 aromatic carbocycles. The predicted molar refractivity (Wildman–Crippen MR) is 79.3 cm³/mol. The first-order valence-electron chi connectivity index (χ1n) is 6.98. The van der Waals surface area contributed by atoms with Gasteiger partial charge >= 0.3 is 0 Å². The van der Waals surface area contributed by atoms with E-state index in [1.807, 2.05) is 24.1 Å². The van der Waals surface area contributed by atoms with Gasteiger partial charge in [-0.15, -0.1) is 0 Å². The Kier molecular flexibility index (Phi) is 5.31. The van der Waals surface area contributed by atoms with Crippen molar-refractivity contribution in [1.29, 1.82) is 0 Å². The zero-order chi connectivity index (χ0) is 13.7. The molecule has 1 aliphatic heterocycles. The zero-order valence-electron chi connectivity index (χ0n) is 11.8. The molecule has 1 saturated heterocycles. The first-order valence-corrected chi connectivity index (χ1v) is 8.37. The number of amides is 1. The lowest BCUT2D eigenvalue weighted by Crippen LogP contribution is -2.46. The van der Waals surface area contributed by atoms with Crippen LogP contribution in [-0.4, -0.2) is 45.2 Å².